The van der Waals surface area contributed by atoms with Gasteiger partial charge in [-0.05, 0) is 111 Å². The molecule has 0 radical (unpaired) electrons. The fourth-order valence-corrected chi connectivity index (χ4v) is 5.29. The van der Waals surface area contributed by atoms with E-state index in [1.54, 1.807) is 49.6 Å². The van der Waals surface area contributed by atoms with Crippen molar-refractivity contribution in [1.29, 1.82) is 0 Å². The van der Waals surface area contributed by atoms with Crippen LogP contribution in [0.5, 0.6) is 0 Å². The maximum Gasteiger partial charge on any atom is 0.411 e. The minimum absolute atomic E-state index is 0.110. The van der Waals surface area contributed by atoms with Crippen LogP contribution in [-0.2, 0) is 27.2 Å². The summed E-state index contributed by atoms with van der Waals surface area (Å²) in [5.41, 5.74) is 5.24. The van der Waals surface area contributed by atoms with E-state index in [-0.39, 0.29) is 12.2 Å². The van der Waals surface area contributed by atoms with Crippen LogP contribution in [0.3, 0.4) is 0 Å². The Morgan fingerprint density at radius 1 is 0.936 bits per heavy atom. The van der Waals surface area contributed by atoms with Crippen LogP contribution in [0.2, 0.25) is 0 Å². The van der Waals surface area contributed by atoms with E-state index in [1.165, 1.54) is 4.90 Å². The highest BCUT2D eigenvalue weighted by Gasteiger charge is 2.23. The molecule has 0 aliphatic carbocycles. The van der Waals surface area contributed by atoms with Gasteiger partial charge in [0, 0.05) is 43.0 Å². The number of anilines is 2. The van der Waals surface area contributed by atoms with E-state index in [1.807, 2.05) is 59.7 Å². The van der Waals surface area contributed by atoms with Crippen LogP contribution in [0.4, 0.5) is 21.0 Å². The van der Waals surface area contributed by atoms with Crippen molar-refractivity contribution in [2.75, 3.05) is 24.3 Å². The minimum atomic E-state index is -1.06. The van der Waals surface area contributed by atoms with Crippen LogP contribution < -0.4 is 16.2 Å². The Balaban J connectivity index is 1.37. The fourth-order valence-electron chi connectivity index (χ4n) is 5.29. The van der Waals surface area contributed by atoms with E-state index in [9.17, 15) is 24.3 Å². The summed E-state index contributed by atoms with van der Waals surface area (Å²) in [5, 5.41) is 17.1. The van der Waals surface area contributed by atoms with E-state index in [0.29, 0.717) is 35.3 Å². The smallest absolute Gasteiger partial charge is 0.411 e. The molecule has 0 saturated heterocycles. The molecule has 11 heteroatoms. The number of aromatic amines is 1. The standard InChI is InChI=1S/C36H42N4O7/c1-21-8-10-27(18-26(21)20-40(7)35(45)47-36(4,5)6)39-34(44)46-15-13-29-22(2)16-25(17-23(29)3)31(33(42)43)38-28-11-9-24-12-14-37-32(41)30(24)19-28/h8-12,14,16-19,31,38H,13,15,20H2,1-7H3,(H,37,41)(H,39,44)(H,42,43). The quantitative estimate of drug-likeness (QED) is 0.147. The third-order valence-corrected chi connectivity index (χ3v) is 7.68. The summed E-state index contributed by atoms with van der Waals surface area (Å²) in [7, 11) is 1.66. The lowest BCUT2D eigenvalue weighted by Gasteiger charge is -2.25. The maximum absolute atomic E-state index is 12.6. The number of H-pyrrole nitrogens is 1. The second-order valence-corrected chi connectivity index (χ2v) is 12.6. The van der Waals surface area contributed by atoms with E-state index in [4.69, 9.17) is 9.47 Å². The fraction of sp³-hybridized carbons (Fsp3) is 0.333. The average molecular weight is 643 g/mol. The number of amides is 2. The Bertz CT molecular complexity index is 1840. The molecule has 2 amide bonds. The monoisotopic (exact) mass is 642 g/mol. The highest BCUT2D eigenvalue weighted by Crippen LogP contribution is 2.27. The number of pyridine rings is 1. The number of aryl methyl sites for hydroxylation is 3. The SMILES string of the molecule is Cc1ccc(NC(=O)OCCc2c(C)cc(C(Nc3ccc4cc[nH]c(=O)c4c3)C(=O)O)cc2C)cc1CN(C)C(=O)OC(C)(C)C. The third-order valence-electron chi connectivity index (χ3n) is 7.68. The molecule has 1 heterocycles. The van der Waals surface area contributed by atoms with E-state index >= 15 is 0 Å². The molecule has 1 atom stereocenters. The van der Waals surface area contributed by atoms with Crippen LogP contribution >= 0.6 is 0 Å². The normalized spacial score (nSPS) is 11.9. The first-order chi connectivity index (χ1) is 22.1. The van der Waals surface area contributed by atoms with Crippen LogP contribution in [-0.4, -0.2) is 52.4 Å². The van der Waals surface area contributed by atoms with Gasteiger partial charge in [-0.25, -0.2) is 14.4 Å². The van der Waals surface area contributed by atoms with Gasteiger partial charge in [-0.1, -0.05) is 24.3 Å². The van der Waals surface area contributed by atoms with Gasteiger partial charge < -0.3 is 29.8 Å². The predicted molar refractivity (Wildman–Crippen MR) is 182 cm³/mol. The predicted octanol–water partition coefficient (Wildman–Crippen LogP) is 6.85. The summed E-state index contributed by atoms with van der Waals surface area (Å²) in [6, 6.07) is 14.9. The summed E-state index contributed by atoms with van der Waals surface area (Å²) < 4.78 is 10.9. The summed E-state index contributed by atoms with van der Waals surface area (Å²) >= 11 is 0. The van der Waals surface area contributed by atoms with Crippen molar-refractivity contribution in [3.05, 3.63) is 105 Å². The number of ether oxygens (including phenoxy) is 2. The molecule has 1 aromatic heterocycles. The first-order valence-electron chi connectivity index (χ1n) is 15.3. The number of carbonyl (C=O) groups excluding carboxylic acids is 2. The number of hydrogen-bond donors (Lipinski definition) is 4. The topological polar surface area (TPSA) is 150 Å². The lowest BCUT2D eigenvalue weighted by molar-refractivity contribution is -0.138. The molecule has 11 nitrogen and oxygen atoms in total. The zero-order chi connectivity index (χ0) is 34.5. The zero-order valence-corrected chi connectivity index (χ0v) is 27.8. The Hall–Kier alpha value is -5.32. The molecule has 4 aromatic rings. The van der Waals surface area contributed by atoms with E-state index in [0.717, 1.165) is 33.2 Å². The number of aliphatic carboxylic acids is 1. The minimum Gasteiger partial charge on any atom is -0.479 e. The molecule has 0 spiro atoms. The third kappa shape index (κ3) is 9.12. The van der Waals surface area contributed by atoms with Crippen molar-refractivity contribution in [3.63, 3.8) is 0 Å². The number of benzene rings is 3. The van der Waals surface area contributed by atoms with Crippen molar-refractivity contribution in [3.8, 4) is 0 Å². The average Bonchev–Trinajstić information content (AvgIpc) is 2.98. The van der Waals surface area contributed by atoms with Gasteiger partial charge in [-0.3, -0.25) is 10.1 Å². The van der Waals surface area contributed by atoms with Gasteiger partial charge in [0.1, 0.15) is 5.60 Å². The maximum atomic E-state index is 12.6. The van der Waals surface area contributed by atoms with Crippen LogP contribution in [0.25, 0.3) is 10.8 Å². The van der Waals surface area contributed by atoms with E-state index in [2.05, 4.69) is 15.6 Å². The molecule has 248 valence electrons. The van der Waals surface area contributed by atoms with Crippen molar-refractivity contribution < 1.29 is 29.0 Å². The molecule has 3 aromatic carbocycles. The van der Waals surface area contributed by atoms with Gasteiger partial charge in [0.2, 0.25) is 0 Å². The van der Waals surface area contributed by atoms with Crippen LogP contribution in [0.15, 0.2) is 65.6 Å². The van der Waals surface area contributed by atoms with Crippen molar-refractivity contribution in [2.45, 2.75) is 66.2 Å². The van der Waals surface area contributed by atoms with Crippen LogP contribution in [0.1, 0.15) is 60.2 Å². The van der Waals surface area contributed by atoms with Crippen molar-refractivity contribution >= 4 is 40.3 Å². The van der Waals surface area contributed by atoms with Gasteiger partial charge in [0.25, 0.3) is 5.56 Å². The molecule has 0 aliphatic rings. The number of carboxylic acids is 1. The zero-order valence-electron chi connectivity index (χ0n) is 27.8. The Morgan fingerprint density at radius 3 is 2.28 bits per heavy atom. The number of aromatic nitrogens is 1. The van der Waals surface area contributed by atoms with Gasteiger partial charge in [0.15, 0.2) is 6.04 Å². The van der Waals surface area contributed by atoms with Crippen molar-refractivity contribution in [1.82, 2.24) is 9.88 Å². The number of rotatable bonds is 10. The van der Waals surface area contributed by atoms with E-state index < -0.39 is 29.8 Å². The molecule has 0 fully saturated rings. The largest absolute Gasteiger partial charge is 0.479 e. The highest BCUT2D eigenvalue weighted by molar-refractivity contribution is 5.87. The summed E-state index contributed by atoms with van der Waals surface area (Å²) in [5.74, 6) is -1.06. The molecule has 47 heavy (non-hydrogen) atoms. The number of nitrogens with zero attached hydrogens (tertiary/aromatic N) is 1. The Kier molecular flexibility index (Phi) is 10.6. The van der Waals surface area contributed by atoms with Gasteiger partial charge >= 0.3 is 18.2 Å². The van der Waals surface area contributed by atoms with Gasteiger partial charge in [-0.15, -0.1) is 0 Å². The number of hydrogen-bond acceptors (Lipinski definition) is 7. The molecule has 0 bridgehead atoms. The number of carbonyl (C=O) groups is 3. The van der Waals surface area contributed by atoms with Crippen LogP contribution in [0, 0.1) is 20.8 Å². The number of fused-ring (bicyclic) bond motifs is 1. The molecule has 0 aliphatic heterocycles. The summed E-state index contributed by atoms with van der Waals surface area (Å²) in [6.07, 6.45) is 0.949. The second kappa shape index (κ2) is 14.4. The van der Waals surface area contributed by atoms with Gasteiger partial charge in [0.05, 0.1) is 6.61 Å². The lowest BCUT2D eigenvalue weighted by Crippen LogP contribution is -2.34. The number of carboxylic acid groups (broad SMARTS) is 1. The first kappa shape index (κ1) is 34.6. The van der Waals surface area contributed by atoms with Gasteiger partial charge in [-0.2, -0.15) is 0 Å². The Labute approximate surface area is 273 Å². The summed E-state index contributed by atoms with van der Waals surface area (Å²) in [6.45, 7) is 11.6. The van der Waals surface area contributed by atoms with Crippen molar-refractivity contribution in [2.24, 2.45) is 0 Å². The summed E-state index contributed by atoms with van der Waals surface area (Å²) in [4.78, 5) is 53.7. The molecule has 4 N–H and O–H groups in total. The highest BCUT2D eigenvalue weighted by atomic mass is 16.6. The Morgan fingerprint density at radius 2 is 1.62 bits per heavy atom. The molecular formula is C36H42N4O7. The second-order valence-electron chi connectivity index (χ2n) is 12.6. The molecule has 0 saturated carbocycles. The number of nitrogens with one attached hydrogen (secondary N) is 3. The first-order valence-corrected chi connectivity index (χ1v) is 15.3. The molecule has 4 rings (SSSR count). The molecular weight excluding hydrogens is 600 g/mol. The molecule has 1 unspecified atom stereocenters. The lowest BCUT2D eigenvalue weighted by atomic mass is 9.94.